The number of hydrogen-bond donors (Lipinski definition) is 2. The molecule has 2 N–H and O–H groups in total. The van der Waals surface area contributed by atoms with Crippen LogP contribution < -0.4 is 10.6 Å². The number of rotatable bonds is 4. The topological polar surface area (TPSA) is 59.0 Å². The van der Waals surface area contributed by atoms with E-state index in [0.717, 1.165) is 27.9 Å². The molecule has 2 aromatic carbocycles. The number of carbonyl (C=O) groups excluding carboxylic acids is 1. The zero-order valence-corrected chi connectivity index (χ0v) is 18.2. The van der Waals surface area contributed by atoms with Crippen molar-refractivity contribution in [2.45, 2.75) is 18.4 Å². The maximum absolute atomic E-state index is 13.7. The highest BCUT2D eigenvalue weighted by Crippen LogP contribution is 2.29. The normalized spacial score (nSPS) is 18.7. The van der Waals surface area contributed by atoms with Crippen LogP contribution in [0.5, 0.6) is 0 Å². The van der Waals surface area contributed by atoms with Crippen molar-refractivity contribution in [2.75, 3.05) is 13.1 Å². The van der Waals surface area contributed by atoms with E-state index in [0.29, 0.717) is 30.6 Å². The minimum atomic E-state index is -1.49. The highest BCUT2D eigenvalue weighted by atomic mass is 79.9. The molecule has 2 atom stereocenters. The minimum Gasteiger partial charge on any atom is -0.347 e. The highest BCUT2D eigenvalue weighted by molar-refractivity contribution is 9.10. The lowest BCUT2D eigenvalue weighted by atomic mass is 9.85. The van der Waals surface area contributed by atoms with Crippen LogP contribution in [-0.2, 0) is 7.05 Å². The summed E-state index contributed by atoms with van der Waals surface area (Å²) in [5.74, 6) is -4.57. The van der Waals surface area contributed by atoms with Crippen LogP contribution in [0.25, 0.3) is 11.3 Å². The number of hydrogen-bond acceptors (Lipinski definition) is 3. The second-order valence-electron chi connectivity index (χ2n) is 7.52. The van der Waals surface area contributed by atoms with Crippen molar-refractivity contribution < 1.29 is 18.0 Å². The van der Waals surface area contributed by atoms with Crippen LogP contribution >= 0.6 is 15.9 Å². The number of carbonyl (C=O) groups is 1. The average molecular weight is 493 g/mol. The van der Waals surface area contributed by atoms with Crippen LogP contribution in [0.3, 0.4) is 0 Å². The monoisotopic (exact) mass is 492 g/mol. The molecule has 162 valence electrons. The third-order valence-corrected chi connectivity index (χ3v) is 6.13. The van der Waals surface area contributed by atoms with E-state index in [4.69, 9.17) is 0 Å². The summed E-state index contributed by atoms with van der Waals surface area (Å²) in [6.45, 7) is 1.07. The molecule has 1 fully saturated rings. The molecule has 3 aromatic rings. The molecule has 9 heteroatoms. The maximum atomic E-state index is 13.7. The molecular formula is C22H20BrF3N4O. The zero-order valence-electron chi connectivity index (χ0n) is 16.6. The number of aromatic nitrogens is 2. The second kappa shape index (κ2) is 8.84. The van der Waals surface area contributed by atoms with Crippen LogP contribution in [0.4, 0.5) is 13.2 Å². The molecule has 0 aliphatic carbocycles. The van der Waals surface area contributed by atoms with Gasteiger partial charge >= 0.3 is 0 Å². The molecule has 2 heterocycles. The van der Waals surface area contributed by atoms with E-state index in [2.05, 4.69) is 31.7 Å². The first-order valence-corrected chi connectivity index (χ1v) is 10.6. The number of piperidine rings is 1. The van der Waals surface area contributed by atoms with Gasteiger partial charge in [-0.05, 0) is 58.7 Å². The number of nitrogens with zero attached hydrogens (tertiary/aromatic N) is 2. The Morgan fingerprint density at radius 2 is 1.87 bits per heavy atom. The highest BCUT2D eigenvalue weighted by Gasteiger charge is 2.29. The molecule has 0 bridgehead atoms. The third kappa shape index (κ3) is 4.38. The van der Waals surface area contributed by atoms with Crippen molar-refractivity contribution >= 4 is 21.8 Å². The molecule has 31 heavy (non-hydrogen) atoms. The number of halogens is 4. The zero-order chi connectivity index (χ0) is 22.1. The van der Waals surface area contributed by atoms with E-state index in [9.17, 15) is 18.0 Å². The van der Waals surface area contributed by atoms with Gasteiger partial charge in [0.15, 0.2) is 17.5 Å². The summed E-state index contributed by atoms with van der Waals surface area (Å²) < 4.78 is 43.4. The van der Waals surface area contributed by atoms with Crippen LogP contribution in [0, 0.1) is 17.5 Å². The molecule has 5 nitrogen and oxygen atoms in total. The van der Waals surface area contributed by atoms with Crippen LogP contribution in [0.1, 0.15) is 28.3 Å². The second-order valence-corrected chi connectivity index (χ2v) is 8.37. The summed E-state index contributed by atoms with van der Waals surface area (Å²) in [6.07, 6.45) is 2.26. The Labute approximate surface area is 185 Å². The van der Waals surface area contributed by atoms with Gasteiger partial charge in [0, 0.05) is 36.7 Å². The van der Waals surface area contributed by atoms with Gasteiger partial charge in [-0.2, -0.15) is 5.10 Å². The first-order chi connectivity index (χ1) is 14.8. The van der Waals surface area contributed by atoms with E-state index in [1.54, 1.807) is 23.0 Å². The van der Waals surface area contributed by atoms with Gasteiger partial charge < -0.3 is 10.6 Å². The van der Waals surface area contributed by atoms with E-state index < -0.39 is 23.5 Å². The van der Waals surface area contributed by atoms with Gasteiger partial charge in [0.2, 0.25) is 0 Å². The molecule has 1 amide bonds. The van der Waals surface area contributed by atoms with Crippen LogP contribution in [0.2, 0.25) is 0 Å². The number of benzene rings is 2. The number of nitrogens with one attached hydrogen (secondary N) is 2. The molecule has 1 aliphatic rings. The van der Waals surface area contributed by atoms with Gasteiger partial charge in [-0.1, -0.05) is 12.1 Å². The lowest BCUT2D eigenvalue weighted by molar-refractivity contribution is 0.0924. The van der Waals surface area contributed by atoms with Crippen LogP contribution in [-0.4, -0.2) is 34.8 Å². The summed E-state index contributed by atoms with van der Waals surface area (Å²) >= 11 is 3.46. The Kier molecular flexibility index (Phi) is 6.15. The summed E-state index contributed by atoms with van der Waals surface area (Å²) in [5, 5.41) is 10.3. The van der Waals surface area contributed by atoms with E-state index in [1.165, 1.54) is 0 Å². The summed E-state index contributed by atoms with van der Waals surface area (Å²) in [4.78, 5) is 12.8. The summed E-state index contributed by atoms with van der Waals surface area (Å²) in [6, 6.07) is 8.72. The smallest absolute Gasteiger partial charge is 0.251 e. The largest absolute Gasteiger partial charge is 0.347 e. The van der Waals surface area contributed by atoms with Gasteiger partial charge in [0.1, 0.15) is 0 Å². The minimum absolute atomic E-state index is 0.294. The predicted molar refractivity (Wildman–Crippen MR) is 114 cm³/mol. The fourth-order valence-electron chi connectivity index (χ4n) is 3.97. The third-order valence-electron chi connectivity index (χ3n) is 5.55. The van der Waals surface area contributed by atoms with Gasteiger partial charge in [-0.3, -0.25) is 9.48 Å². The Hall–Kier alpha value is -2.65. The molecule has 0 unspecified atom stereocenters. The van der Waals surface area contributed by atoms with Crippen molar-refractivity contribution in [3.8, 4) is 11.3 Å². The molecule has 4 rings (SSSR count). The summed E-state index contributed by atoms with van der Waals surface area (Å²) in [5.41, 5.74) is 2.59. The van der Waals surface area contributed by atoms with Crippen molar-refractivity contribution in [3.63, 3.8) is 0 Å². The molecule has 1 aliphatic heterocycles. The lowest BCUT2D eigenvalue weighted by Gasteiger charge is -2.33. The van der Waals surface area contributed by atoms with Gasteiger partial charge in [-0.15, -0.1) is 0 Å². The lowest BCUT2D eigenvalue weighted by Crippen LogP contribution is -2.50. The molecule has 0 radical (unpaired) electrons. The number of aryl methyl sites for hydroxylation is 1. The molecule has 0 spiro atoms. The van der Waals surface area contributed by atoms with Gasteiger partial charge in [0.05, 0.1) is 16.4 Å². The molecule has 1 saturated heterocycles. The molecular weight excluding hydrogens is 473 g/mol. The predicted octanol–water partition coefficient (Wildman–Crippen LogP) is 4.14. The van der Waals surface area contributed by atoms with Crippen molar-refractivity contribution in [1.82, 2.24) is 20.4 Å². The Morgan fingerprint density at radius 3 is 2.48 bits per heavy atom. The fourth-order valence-corrected chi connectivity index (χ4v) is 4.54. The fraction of sp³-hybridized carbons (Fsp3) is 0.273. The maximum Gasteiger partial charge on any atom is 0.251 e. The van der Waals surface area contributed by atoms with E-state index in [-0.39, 0.29) is 11.8 Å². The first kappa shape index (κ1) is 21.6. The molecule has 0 saturated carbocycles. The Balaban J connectivity index is 1.53. The first-order valence-electron chi connectivity index (χ1n) is 9.79. The average Bonchev–Trinajstić information content (AvgIpc) is 3.10. The van der Waals surface area contributed by atoms with E-state index in [1.807, 2.05) is 19.2 Å². The van der Waals surface area contributed by atoms with E-state index >= 15 is 0 Å². The quantitative estimate of drug-likeness (QED) is 0.538. The SMILES string of the molecule is Cn1ncc(Br)c1-c1ccc(C(=O)N[C@@H]2CNCC[C@H]2c2cc(F)c(F)c(F)c2)cc1. The van der Waals surface area contributed by atoms with Crippen LogP contribution in [0.15, 0.2) is 47.1 Å². The van der Waals surface area contributed by atoms with Gasteiger partial charge in [0.25, 0.3) is 5.91 Å². The van der Waals surface area contributed by atoms with Crippen molar-refractivity contribution in [1.29, 1.82) is 0 Å². The van der Waals surface area contributed by atoms with Crippen molar-refractivity contribution in [2.24, 2.45) is 7.05 Å². The standard InChI is InChI=1S/C22H20BrF3N4O/c1-30-21(16(23)10-28-30)12-2-4-13(5-3-12)22(31)29-19-11-27-7-6-15(19)14-8-17(24)20(26)18(25)9-14/h2-5,8-10,15,19,27H,6-7,11H2,1H3,(H,29,31)/t15-,19+/m0/s1. The van der Waals surface area contributed by atoms with Gasteiger partial charge in [-0.25, -0.2) is 13.2 Å². The summed E-state index contributed by atoms with van der Waals surface area (Å²) in [7, 11) is 1.83. The Morgan fingerprint density at radius 1 is 1.19 bits per heavy atom. The molecule has 1 aromatic heterocycles. The number of amides is 1. The Bertz CT molecular complexity index is 1070. The van der Waals surface area contributed by atoms with Crippen molar-refractivity contribution in [3.05, 3.63) is 75.6 Å².